The third-order valence-corrected chi connectivity index (χ3v) is 6.76. The van der Waals surface area contributed by atoms with E-state index in [4.69, 9.17) is 0 Å². The second kappa shape index (κ2) is 7.59. The van der Waals surface area contributed by atoms with Gasteiger partial charge in [-0.1, -0.05) is 19.3 Å². The Morgan fingerprint density at radius 2 is 1.42 bits per heavy atom. The molecule has 0 atom stereocenters. The smallest absolute Gasteiger partial charge is 0.212 e. The summed E-state index contributed by atoms with van der Waals surface area (Å²) < 4.78 is 3.94. The van der Waals surface area contributed by atoms with Crippen molar-refractivity contribution in [2.75, 3.05) is 0 Å². The average molecular weight is 410 g/mol. The summed E-state index contributed by atoms with van der Waals surface area (Å²) in [5, 5.41) is 13.1. The van der Waals surface area contributed by atoms with Crippen LogP contribution >= 0.6 is 35.1 Å². The van der Waals surface area contributed by atoms with Crippen molar-refractivity contribution >= 4 is 45.0 Å². The molecule has 4 heterocycles. The summed E-state index contributed by atoms with van der Waals surface area (Å²) in [4.78, 5) is 13.1. The molecule has 138 valence electrons. The van der Waals surface area contributed by atoms with Gasteiger partial charge in [-0.3, -0.25) is 4.90 Å². The molecule has 1 aliphatic carbocycles. The minimum absolute atomic E-state index is 0. The van der Waals surface area contributed by atoms with E-state index in [1.54, 1.807) is 35.3 Å². The Balaban J connectivity index is 0.00000168. The van der Waals surface area contributed by atoms with Gasteiger partial charge in [0.1, 0.15) is 12.7 Å². The van der Waals surface area contributed by atoms with Gasteiger partial charge in [-0.2, -0.15) is 10.2 Å². The van der Waals surface area contributed by atoms with E-state index in [1.165, 1.54) is 43.5 Å². The second-order valence-corrected chi connectivity index (χ2v) is 8.23. The zero-order chi connectivity index (χ0) is 16.6. The first-order chi connectivity index (χ1) is 12.4. The van der Waals surface area contributed by atoms with Crippen molar-refractivity contribution in [2.45, 2.75) is 51.2 Å². The Morgan fingerprint density at radius 1 is 0.885 bits per heavy atom. The molecule has 0 unspecified atom stereocenters. The fraction of sp³-hybridized carbons (Fsp3) is 0.500. The van der Waals surface area contributed by atoms with Crippen LogP contribution in [0.1, 0.15) is 43.5 Å². The normalized spacial score (nSPS) is 15.9. The predicted molar refractivity (Wildman–Crippen MR) is 105 cm³/mol. The number of rotatable bonds is 5. The molecule has 0 amide bonds. The molecule has 1 aliphatic rings. The Hall–Kier alpha value is -1.55. The van der Waals surface area contributed by atoms with Gasteiger partial charge in [0.2, 0.25) is 9.92 Å². The minimum Gasteiger partial charge on any atom is -0.289 e. The molecular formula is C16H20ClN7S2. The summed E-state index contributed by atoms with van der Waals surface area (Å²) in [6.45, 7) is 1.78. The lowest BCUT2D eigenvalue weighted by Crippen LogP contribution is -2.36. The molecule has 26 heavy (non-hydrogen) atoms. The largest absolute Gasteiger partial charge is 0.289 e. The van der Waals surface area contributed by atoms with Gasteiger partial charge >= 0.3 is 0 Å². The lowest BCUT2D eigenvalue weighted by molar-refractivity contribution is 0.135. The zero-order valence-electron chi connectivity index (χ0n) is 14.2. The molecule has 1 saturated carbocycles. The van der Waals surface area contributed by atoms with Gasteiger partial charge < -0.3 is 0 Å². The Morgan fingerprint density at radius 3 is 1.96 bits per heavy atom. The van der Waals surface area contributed by atoms with Crippen LogP contribution in [0.4, 0.5) is 0 Å². The number of hydrogen-bond donors (Lipinski definition) is 0. The summed E-state index contributed by atoms with van der Waals surface area (Å²) in [5.41, 5.74) is 2.43. The van der Waals surface area contributed by atoms with Crippen molar-refractivity contribution in [2.24, 2.45) is 0 Å². The Kier molecular flexibility index (Phi) is 5.21. The van der Waals surface area contributed by atoms with Crippen LogP contribution in [0.5, 0.6) is 0 Å². The lowest BCUT2D eigenvalue weighted by Gasteiger charge is -2.33. The molecule has 7 nitrogen and oxygen atoms in total. The second-order valence-electron chi connectivity index (χ2n) is 6.56. The minimum atomic E-state index is 0. The molecule has 0 saturated heterocycles. The number of aromatic nitrogens is 6. The van der Waals surface area contributed by atoms with Crippen LogP contribution in [0.3, 0.4) is 0 Å². The summed E-state index contributed by atoms with van der Waals surface area (Å²) >= 11 is 3.32. The molecule has 4 aromatic heterocycles. The monoisotopic (exact) mass is 409 g/mol. The van der Waals surface area contributed by atoms with Crippen molar-refractivity contribution in [3.05, 3.63) is 34.8 Å². The molecule has 0 radical (unpaired) electrons. The van der Waals surface area contributed by atoms with E-state index in [9.17, 15) is 0 Å². The Labute approximate surface area is 165 Å². The first-order valence-corrected chi connectivity index (χ1v) is 10.4. The molecule has 0 spiro atoms. The standard InChI is InChI=1S/C16H19N7S2.ClH/c1-2-4-12(5-3-1)21(6-13-8-24-15-17-10-19-22(13)15)7-14-9-25-16-18-11-20-23(14)16;/h8-12H,1-7H2;1H. The van der Waals surface area contributed by atoms with E-state index in [0.717, 1.165) is 23.0 Å². The highest BCUT2D eigenvalue weighted by Gasteiger charge is 2.24. The third kappa shape index (κ3) is 3.24. The molecule has 0 aromatic carbocycles. The van der Waals surface area contributed by atoms with Gasteiger partial charge in [0.25, 0.3) is 0 Å². The fourth-order valence-electron chi connectivity index (χ4n) is 3.74. The van der Waals surface area contributed by atoms with Crippen LogP contribution in [0.15, 0.2) is 23.4 Å². The third-order valence-electron chi connectivity index (χ3n) is 5.00. The predicted octanol–water partition coefficient (Wildman–Crippen LogP) is 3.65. The van der Waals surface area contributed by atoms with Gasteiger partial charge in [-0.15, -0.1) is 35.1 Å². The average Bonchev–Trinajstić information content (AvgIpc) is 3.39. The highest BCUT2D eigenvalue weighted by atomic mass is 35.5. The molecule has 4 aromatic rings. The highest BCUT2D eigenvalue weighted by Crippen LogP contribution is 2.27. The van der Waals surface area contributed by atoms with Crippen LogP contribution in [0.2, 0.25) is 0 Å². The van der Waals surface area contributed by atoms with Gasteiger partial charge in [-0.25, -0.2) is 19.0 Å². The fourth-order valence-corrected chi connectivity index (χ4v) is 5.32. The van der Waals surface area contributed by atoms with E-state index in [0.29, 0.717) is 6.04 Å². The van der Waals surface area contributed by atoms with Crippen LogP contribution in [0.25, 0.3) is 9.92 Å². The van der Waals surface area contributed by atoms with Crippen molar-refractivity contribution in [1.82, 2.24) is 34.1 Å². The van der Waals surface area contributed by atoms with Gasteiger partial charge in [0.15, 0.2) is 0 Å². The molecule has 0 N–H and O–H groups in total. The van der Waals surface area contributed by atoms with Crippen molar-refractivity contribution < 1.29 is 0 Å². The van der Waals surface area contributed by atoms with Crippen LogP contribution in [0, 0.1) is 0 Å². The molecular weight excluding hydrogens is 390 g/mol. The maximum absolute atomic E-state index is 4.38. The summed E-state index contributed by atoms with van der Waals surface area (Å²) in [6.07, 6.45) is 9.83. The van der Waals surface area contributed by atoms with Gasteiger partial charge in [0, 0.05) is 29.9 Å². The topological polar surface area (TPSA) is 63.6 Å². The summed E-state index contributed by atoms with van der Waals surface area (Å²) in [6, 6.07) is 0.616. The van der Waals surface area contributed by atoms with Crippen LogP contribution < -0.4 is 0 Å². The SMILES string of the molecule is Cl.c1nc2scc(CN(Cc3csc4ncnn34)C3CCCCC3)n2n1. The van der Waals surface area contributed by atoms with E-state index < -0.39 is 0 Å². The Bertz CT molecular complexity index is 910. The molecule has 5 rings (SSSR count). The number of hydrogen-bond acceptors (Lipinski definition) is 7. The lowest BCUT2D eigenvalue weighted by atomic mass is 9.94. The maximum atomic E-state index is 4.38. The van der Waals surface area contributed by atoms with E-state index in [1.807, 2.05) is 9.03 Å². The van der Waals surface area contributed by atoms with Crippen molar-refractivity contribution in [3.63, 3.8) is 0 Å². The molecule has 0 bridgehead atoms. The summed E-state index contributed by atoms with van der Waals surface area (Å²) in [7, 11) is 0. The number of thiazole rings is 2. The van der Waals surface area contributed by atoms with Gasteiger partial charge in [-0.05, 0) is 12.8 Å². The zero-order valence-corrected chi connectivity index (χ0v) is 16.6. The number of nitrogens with zero attached hydrogens (tertiary/aromatic N) is 7. The number of halogens is 1. The van der Waals surface area contributed by atoms with Crippen LogP contribution in [-0.4, -0.2) is 40.1 Å². The summed E-state index contributed by atoms with van der Waals surface area (Å²) in [5.74, 6) is 0. The van der Waals surface area contributed by atoms with E-state index >= 15 is 0 Å². The van der Waals surface area contributed by atoms with Crippen LogP contribution in [-0.2, 0) is 13.1 Å². The first-order valence-electron chi connectivity index (χ1n) is 8.65. The molecule has 0 aliphatic heterocycles. The maximum Gasteiger partial charge on any atom is 0.212 e. The van der Waals surface area contributed by atoms with Crippen molar-refractivity contribution in [1.29, 1.82) is 0 Å². The van der Waals surface area contributed by atoms with Crippen molar-refractivity contribution in [3.8, 4) is 0 Å². The molecule has 1 fully saturated rings. The van der Waals surface area contributed by atoms with Gasteiger partial charge in [0.05, 0.1) is 11.4 Å². The number of fused-ring (bicyclic) bond motifs is 2. The van der Waals surface area contributed by atoms with E-state index in [2.05, 4.69) is 35.8 Å². The highest BCUT2D eigenvalue weighted by molar-refractivity contribution is 7.15. The molecule has 10 heteroatoms. The first kappa shape index (κ1) is 17.8. The van der Waals surface area contributed by atoms with E-state index in [-0.39, 0.29) is 12.4 Å². The quantitative estimate of drug-likeness (QED) is 0.503.